The van der Waals surface area contributed by atoms with Gasteiger partial charge in [0.25, 0.3) is 0 Å². The highest BCUT2D eigenvalue weighted by atomic mass is 35.5. The zero-order chi connectivity index (χ0) is 13.8. The van der Waals surface area contributed by atoms with E-state index in [1.54, 1.807) is 0 Å². The molecule has 0 aromatic heterocycles. The lowest BCUT2D eigenvalue weighted by Gasteiger charge is -2.22. The summed E-state index contributed by atoms with van der Waals surface area (Å²) in [6, 6.07) is 6.28. The molecular formula is C13H17Cl2N3O. The molecule has 1 aromatic rings. The quantitative estimate of drug-likeness (QED) is 0.367. The summed E-state index contributed by atoms with van der Waals surface area (Å²) < 4.78 is 0. The van der Waals surface area contributed by atoms with E-state index >= 15 is 0 Å². The molecule has 104 valence electrons. The van der Waals surface area contributed by atoms with Crippen LogP contribution >= 0.6 is 23.2 Å². The fourth-order valence-electron chi connectivity index (χ4n) is 2.01. The van der Waals surface area contributed by atoms with E-state index in [0.717, 1.165) is 18.7 Å². The van der Waals surface area contributed by atoms with Crippen molar-refractivity contribution in [3.05, 3.63) is 33.8 Å². The number of benzene rings is 1. The maximum atomic E-state index is 8.57. The minimum absolute atomic E-state index is 0.264. The molecule has 0 amide bonds. The maximum absolute atomic E-state index is 8.57. The molecule has 1 aliphatic carbocycles. The Morgan fingerprint density at radius 3 is 2.68 bits per heavy atom. The highest BCUT2D eigenvalue weighted by molar-refractivity contribution is 6.42. The topological polar surface area (TPSA) is 61.8 Å². The summed E-state index contributed by atoms with van der Waals surface area (Å²) in [4.78, 5) is 2.33. The summed E-state index contributed by atoms with van der Waals surface area (Å²) in [7, 11) is 0. The van der Waals surface area contributed by atoms with Crippen LogP contribution in [-0.4, -0.2) is 28.5 Å². The summed E-state index contributed by atoms with van der Waals surface area (Å²) >= 11 is 11.9. The summed E-state index contributed by atoms with van der Waals surface area (Å²) in [5.74, 6) is 0.264. The van der Waals surface area contributed by atoms with Crippen molar-refractivity contribution in [1.29, 1.82) is 0 Å². The molecule has 6 heteroatoms. The van der Waals surface area contributed by atoms with E-state index in [4.69, 9.17) is 34.1 Å². The first-order valence-corrected chi connectivity index (χ1v) is 7.00. The minimum Gasteiger partial charge on any atom is -0.409 e. The van der Waals surface area contributed by atoms with Crippen LogP contribution in [0, 0.1) is 0 Å². The molecule has 3 N–H and O–H groups in total. The molecule has 4 nitrogen and oxygen atoms in total. The third kappa shape index (κ3) is 4.27. The van der Waals surface area contributed by atoms with Crippen molar-refractivity contribution in [2.75, 3.05) is 6.54 Å². The van der Waals surface area contributed by atoms with Crippen molar-refractivity contribution < 1.29 is 5.21 Å². The van der Waals surface area contributed by atoms with Crippen molar-refractivity contribution in [2.45, 2.75) is 31.8 Å². The number of rotatable bonds is 6. The number of hydrogen-bond donors (Lipinski definition) is 2. The standard InChI is InChI=1S/C13H17Cl2N3O/c14-11-4-1-9(7-12(11)15)8-18(10-2-3-10)6-5-13(16)17-19/h1,4,7,10,19H,2-3,5-6,8H2,(H2,16,17). The second kappa shape index (κ2) is 6.46. The monoisotopic (exact) mass is 301 g/mol. The predicted molar refractivity (Wildman–Crippen MR) is 77.9 cm³/mol. The Balaban J connectivity index is 1.98. The van der Waals surface area contributed by atoms with Gasteiger partial charge < -0.3 is 10.9 Å². The lowest BCUT2D eigenvalue weighted by Crippen LogP contribution is -2.29. The third-order valence-corrected chi connectivity index (χ3v) is 3.96. The zero-order valence-electron chi connectivity index (χ0n) is 10.5. The average Bonchev–Trinajstić information content (AvgIpc) is 3.22. The fourth-order valence-corrected chi connectivity index (χ4v) is 2.33. The van der Waals surface area contributed by atoms with Crippen LogP contribution < -0.4 is 5.73 Å². The molecule has 19 heavy (non-hydrogen) atoms. The second-order valence-electron chi connectivity index (χ2n) is 4.79. The molecule has 0 spiro atoms. The lowest BCUT2D eigenvalue weighted by molar-refractivity contribution is 0.259. The van der Waals surface area contributed by atoms with Crippen LogP contribution in [-0.2, 0) is 6.54 Å². The van der Waals surface area contributed by atoms with E-state index in [1.165, 1.54) is 12.8 Å². The Labute approximate surface area is 122 Å². The van der Waals surface area contributed by atoms with Gasteiger partial charge in [-0.3, -0.25) is 4.90 Å². The molecule has 1 saturated carbocycles. The van der Waals surface area contributed by atoms with Crippen molar-refractivity contribution in [2.24, 2.45) is 10.9 Å². The molecule has 0 bridgehead atoms. The number of hydrogen-bond acceptors (Lipinski definition) is 3. The fraction of sp³-hybridized carbons (Fsp3) is 0.462. The Morgan fingerprint density at radius 2 is 2.11 bits per heavy atom. The highest BCUT2D eigenvalue weighted by Crippen LogP contribution is 2.30. The lowest BCUT2D eigenvalue weighted by atomic mass is 10.2. The van der Waals surface area contributed by atoms with Gasteiger partial charge in [0.15, 0.2) is 0 Å². The molecule has 2 rings (SSSR count). The van der Waals surface area contributed by atoms with Crippen LogP contribution in [0.3, 0.4) is 0 Å². The van der Waals surface area contributed by atoms with Gasteiger partial charge >= 0.3 is 0 Å². The van der Waals surface area contributed by atoms with E-state index in [0.29, 0.717) is 22.5 Å². The van der Waals surface area contributed by atoms with Gasteiger partial charge in [-0.1, -0.05) is 34.4 Å². The summed E-state index contributed by atoms with van der Waals surface area (Å²) in [5, 5.41) is 12.7. The van der Waals surface area contributed by atoms with Gasteiger partial charge in [-0.25, -0.2) is 0 Å². The van der Waals surface area contributed by atoms with E-state index in [1.807, 2.05) is 18.2 Å². The highest BCUT2D eigenvalue weighted by Gasteiger charge is 2.28. The average molecular weight is 302 g/mol. The molecule has 1 fully saturated rings. The van der Waals surface area contributed by atoms with Gasteiger partial charge in [0.2, 0.25) is 0 Å². The van der Waals surface area contributed by atoms with Crippen molar-refractivity contribution >= 4 is 29.0 Å². The second-order valence-corrected chi connectivity index (χ2v) is 5.61. The van der Waals surface area contributed by atoms with Gasteiger partial charge in [-0.05, 0) is 30.5 Å². The molecule has 1 aliphatic rings. The Kier molecular flexibility index (Phi) is 4.91. The third-order valence-electron chi connectivity index (χ3n) is 3.22. The van der Waals surface area contributed by atoms with Gasteiger partial charge in [0.1, 0.15) is 5.84 Å². The number of halogens is 2. The van der Waals surface area contributed by atoms with Crippen LogP contribution in [0.2, 0.25) is 10.0 Å². The van der Waals surface area contributed by atoms with Crippen molar-refractivity contribution in [3.63, 3.8) is 0 Å². The van der Waals surface area contributed by atoms with Gasteiger partial charge in [-0.15, -0.1) is 0 Å². The number of nitrogens with zero attached hydrogens (tertiary/aromatic N) is 2. The molecule has 1 aromatic carbocycles. The minimum atomic E-state index is 0.264. The molecule has 0 heterocycles. The van der Waals surface area contributed by atoms with E-state index in [-0.39, 0.29) is 5.84 Å². The van der Waals surface area contributed by atoms with Crippen LogP contribution in [0.25, 0.3) is 0 Å². The largest absolute Gasteiger partial charge is 0.409 e. The van der Waals surface area contributed by atoms with Gasteiger partial charge in [0.05, 0.1) is 10.0 Å². The number of nitrogens with two attached hydrogens (primary N) is 1. The smallest absolute Gasteiger partial charge is 0.140 e. The van der Waals surface area contributed by atoms with Crippen LogP contribution in [0.5, 0.6) is 0 Å². The molecule has 0 atom stereocenters. The SMILES string of the molecule is NC(CCN(Cc1ccc(Cl)c(Cl)c1)C1CC1)=NO. The molecule has 0 aliphatic heterocycles. The Bertz CT molecular complexity index is 475. The first-order chi connectivity index (χ1) is 9.10. The molecule has 0 unspecified atom stereocenters. The van der Waals surface area contributed by atoms with Gasteiger partial charge in [0, 0.05) is 25.6 Å². The number of oxime groups is 1. The Hall–Kier alpha value is -0.970. The van der Waals surface area contributed by atoms with Crippen molar-refractivity contribution in [1.82, 2.24) is 4.90 Å². The summed E-state index contributed by atoms with van der Waals surface area (Å²) in [6.45, 7) is 1.58. The van der Waals surface area contributed by atoms with Crippen LogP contribution in [0.1, 0.15) is 24.8 Å². The van der Waals surface area contributed by atoms with E-state index in [2.05, 4.69) is 10.1 Å². The van der Waals surface area contributed by atoms with E-state index in [9.17, 15) is 0 Å². The Morgan fingerprint density at radius 1 is 1.37 bits per heavy atom. The van der Waals surface area contributed by atoms with Crippen molar-refractivity contribution in [3.8, 4) is 0 Å². The predicted octanol–water partition coefficient (Wildman–Crippen LogP) is 3.09. The normalized spacial score (nSPS) is 16.1. The first kappa shape index (κ1) is 14.4. The van der Waals surface area contributed by atoms with Crippen LogP contribution in [0.15, 0.2) is 23.4 Å². The molecule has 0 saturated heterocycles. The van der Waals surface area contributed by atoms with E-state index < -0.39 is 0 Å². The number of amidine groups is 1. The van der Waals surface area contributed by atoms with Gasteiger partial charge in [-0.2, -0.15) is 0 Å². The summed E-state index contributed by atoms with van der Waals surface area (Å²) in [5.41, 5.74) is 6.64. The molecule has 0 radical (unpaired) electrons. The summed E-state index contributed by atoms with van der Waals surface area (Å²) in [6.07, 6.45) is 2.98. The first-order valence-electron chi connectivity index (χ1n) is 6.24. The zero-order valence-corrected chi connectivity index (χ0v) is 12.0. The maximum Gasteiger partial charge on any atom is 0.140 e. The molecular weight excluding hydrogens is 285 g/mol. The van der Waals surface area contributed by atoms with Crippen LogP contribution in [0.4, 0.5) is 0 Å².